The SMILES string of the molecule is CC(C)Cc1cc(CC2CC2)ncn1. The monoisotopic (exact) mass is 190 g/mol. The van der Waals surface area contributed by atoms with Crippen LogP contribution in [0.2, 0.25) is 0 Å². The van der Waals surface area contributed by atoms with Crippen molar-refractivity contribution in [1.82, 2.24) is 9.97 Å². The molecule has 1 aromatic rings. The standard InChI is InChI=1S/C12H18N2/c1-9(2)5-11-7-12(14-8-13-11)6-10-3-4-10/h7-10H,3-6H2,1-2H3. The van der Waals surface area contributed by atoms with Gasteiger partial charge in [0.1, 0.15) is 6.33 Å². The van der Waals surface area contributed by atoms with Crippen molar-refractivity contribution in [3.8, 4) is 0 Å². The lowest BCUT2D eigenvalue weighted by atomic mass is 10.1. The van der Waals surface area contributed by atoms with Gasteiger partial charge in [0.25, 0.3) is 0 Å². The third-order valence-electron chi connectivity index (χ3n) is 2.59. The van der Waals surface area contributed by atoms with Crippen LogP contribution in [-0.2, 0) is 12.8 Å². The van der Waals surface area contributed by atoms with Crippen LogP contribution in [0.3, 0.4) is 0 Å². The molecule has 2 nitrogen and oxygen atoms in total. The second kappa shape index (κ2) is 4.07. The molecule has 0 atom stereocenters. The van der Waals surface area contributed by atoms with E-state index in [1.54, 1.807) is 6.33 Å². The van der Waals surface area contributed by atoms with Crippen LogP contribution in [0.25, 0.3) is 0 Å². The van der Waals surface area contributed by atoms with Crippen molar-refractivity contribution in [1.29, 1.82) is 0 Å². The van der Waals surface area contributed by atoms with E-state index in [-0.39, 0.29) is 0 Å². The second-order valence-electron chi connectivity index (χ2n) is 4.75. The molecule has 1 fully saturated rings. The molecular weight excluding hydrogens is 172 g/mol. The largest absolute Gasteiger partial charge is 0.241 e. The number of hydrogen-bond acceptors (Lipinski definition) is 2. The molecule has 0 N–H and O–H groups in total. The minimum Gasteiger partial charge on any atom is -0.241 e. The Kier molecular flexibility index (Phi) is 2.80. The highest BCUT2D eigenvalue weighted by Gasteiger charge is 2.22. The van der Waals surface area contributed by atoms with Crippen LogP contribution < -0.4 is 0 Å². The lowest BCUT2D eigenvalue weighted by Crippen LogP contribution is -2.01. The molecule has 0 bridgehead atoms. The normalized spacial score (nSPS) is 16.2. The van der Waals surface area contributed by atoms with Gasteiger partial charge < -0.3 is 0 Å². The minimum absolute atomic E-state index is 0.679. The lowest BCUT2D eigenvalue weighted by molar-refractivity contribution is 0.631. The van der Waals surface area contributed by atoms with Crippen LogP contribution >= 0.6 is 0 Å². The van der Waals surface area contributed by atoms with Gasteiger partial charge in [-0.1, -0.05) is 13.8 Å². The van der Waals surface area contributed by atoms with Crippen molar-refractivity contribution in [2.75, 3.05) is 0 Å². The van der Waals surface area contributed by atoms with E-state index < -0.39 is 0 Å². The third kappa shape index (κ3) is 2.79. The zero-order valence-electron chi connectivity index (χ0n) is 9.03. The maximum absolute atomic E-state index is 4.32. The number of aromatic nitrogens is 2. The zero-order chi connectivity index (χ0) is 9.97. The molecule has 1 aliphatic rings. The van der Waals surface area contributed by atoms with E-state index in [0.717, 1.165) is 18.8 Å². The first-order valence-corrected chi connectivity index (χ1v) is 5.54. The maximum Gasteiger partial charge on any atom is 0.115 e. The van der Waals surface area contributed by atoms with Gasteiger partial charge >= 0.3 is 0 Å². The van der Waals surface area contributed by atoms with E-state index >= 15 is 0 Å². The van der Waals surface area contributed by atoms with E-state index in [1.807, 2.05) is 0 Å². The van der Waals surface area contributed by atoms with Gasteiger partial charge in [0.05, 0.1) is 0 Å². The Hall–Kier alpha value is -0.920. The van der Waals surface area contributed by atoms with Gasteiger partial charge in [0.2, 0.25) is 0 Å². The van der Waals surface area contributed by atoms with Crippen LogP contribution in [0, 0.1) is 11.8 Å². The van der Waals surface area contributed by atoms with Gasteiger partial charge in [0.15, 0.2) is 0 Å². The van der Waals surface area contributed by atoms with Crippen LogP contribution in [0.5, 0.6) is 0 Å². The molecule has 0 spiro atoms. The molecule has 1 aliphatic carbocycles. The maximum atomic E-state index is 4.32. The fraction of sp³-hybridized carbons (Fsp3) is 0.667. The molecule has 76 valence electrons. The zero-order valence-corrected chi connectivity index (χ0v) is 9.03. The Morgan fingerprint density at radius 1 is 1.29 bits per heavy atom. The molecule has 2 heteroatoms. The minimum atomic E-state index is 0.679. The van der Waals surface area contributed by atoms with E-state index in [0.29, 0.717) is 5.92 Å². The van der Waals surface area contributed by atoms with Crippen molar-refractivity contribution in [3.05, 3.63) is 23.8 Å². The molecule has 14 heavy (non-hydrogen) atoms. The quantitative estimate of drug-likeness (QED) is 0.729. The first-order valence-electron chi connectivity index (χ1n) is 5.54. The molecule has 0 aromatic carbocycles. The summed E-state index contributed by atoms with van der Waals surface area (Å²) in [7, 11) is 0. The fourth-order valence-electron chi connectivity index (χ4n) is 1.70. The highest BCUT2D eigenvalue weighted by atomic mass is 14.8. The summed E-state index contributed by atoms with van der Waals surface area (Å²) < 4.78 is 0. The Morgan fingerprint density at radius 2 is 2.00 bits per heavy atom. The van der Waals surface area contributed by atoms with Crippen molar-refractivity contribution in [2.24, 2.45) is 11.8 Å². The Balaban J connectivity index is 2.01. The first-order chi connectivity index (χ1) is 6.74. The predicted octanol–water partition coefficient (Wildman–Crippen LogP) is 2.63. The van der Waals surface area contributed by atoms with Crippen LogP contribution in [0.4, 0.5) is 0 Å². The third-order valence-corrected chi connectivity index (χ3v) is 2.59. The topological polar surface area (TPSA) is 25.8 Å². The molecule has 2 rings (SSSR count). The molecule has 0 radical (unpaired) electrons. The van der Waals surface area contributed by atoms with Gasteiger partial charge in [-0.25, -0.2) is 9.97 Å². The summed E-state index contributed by atoms with van der Waals surface area (Å²) >= 11 is 0. The van der Waals surface area contributed by atoms with Gasteiger partial charge in [-0.2, -0.15) is 0 Å². The highest BCUT2D eigenvalue weighted by Crippen LogP contribution is 2.32. The lowest BCUT2D eigenvalue weighted by Gasteiger charge is -2.05. The summed E-state index contributed by atoms with van der Waals surface area (Å²) in [5.74, 6) is 1.59. The van der Waals surface area contributed by atoms with Crippen molar-refractivity contribution < 1.29 is 0 Å². The average molecular weight is 190 g/mol. The van der Waals surface area contributed by atoms with E-state index in [2.05, 4.69) is 29.9 Å². The molecular formula is C12H18N2. The van der Waals surface area contributed by atoms with Crippen LogP contribution in [-0.4, -0.2) is 9.97 Å². The molecule has 0 aliphatic heterocycles. The van der Waals surface area contributed by atoms with Gasteiger partial charge in [-0.3, -0.25) is 0 Å². The predicted molar refractivity (Wildman–Crippen MR) is 57.0 cm³/mol. The summed E-state index contributed by atoms with van der Waals surface area (Å²) in [4.78, 5) is 8.61. The van der Waals surface area contributed by atoms with Crippen LogP contribution in [0.15, 0.2) is 12.4 Å². The number of nitrogens with zero attached hydrogens (tertiary/aromatic N) is 2. The van der Waals surface area contributed by atoms with Gasteiger partial charge in [-0.05, 0) is 43.6 Å². The van der Waals surface area contributed by atoms with E-state index in [9.17, 15) is 0 Å². The molecule has 0 saturated heterocycles. The molecule has 0 amide bonds. The molecule has 1 aromatic heterocycles. The Bertz CT molecular complexity index is 284. The van der Waals surface area contributed by atoms with Crippen molar-refractivity contribution in [3.63, 3.8) is 0 Å². The Morgan fingerprint density at radius 3 is 2.64 bits per heavy atom. The van der Waals surface area contributed by atoms with Gasteiger partial charge in [0, 0.05) is 11.4 Å². The van der Waals surface area contributed by atoms with E-state index in [4.69, 9.17) is 0 Å². The molecule has 1 heterocycles. The summed E-state index contributed by atoms with van der Waals surface area (Å²) in [6, 6.07) is 2.18. The van der Waals surface area contributed by atoms with Gasteiger partial charge in [-0.15, -0.1) is 0 Å². The summed E-state index contributed by atoms with van der Waals surface area (Å²) in [5.41, 5.74) is 2.43. The van der Waals surface area contributed by atoms with E-state index in [1.165, 1.54) is 24.2 Å². The highest BCUT2D eigenvalue weighted by molar-refractivity contribution is 5.10. The number of rotatable bonds is 4. The smallest absolute Gasteiger partial charge is 0.115 e. The van der Waals surface area contributed by atoms with Crippen molar-refractivity contribution >= 4 is 0 Å². The summed E-state index contributed by atoms with van der Waals surface area (Å²) in [5, 5.41) is 0. The number of hydrogen-bond donors (Lipinski definition) is 0. The second-order valence-corrected chi connectivity index (χ2v) is 4.75. The van der Waals surface area contributed by atoms with Crippen LogP contribution in [0.1, 0.15) is 38.1 Å². The molecule has 0 unspecified atom stereocenters. The average Bonchev–Trinajstić information content (AvgIpc) is 2.87. The Labute approximate surface area is 85.8 Å². The fourth-order valence-corrected chi connectivity index (χ4v) is 1.70. The summed E-state index contributed by atoms with van der Waals surface area (Å²) in [6.45, 7) is 4.45. The first kappa shape index (κ1) is 9.63. The summed E-state index contributed by atoms with van der Waals surface area (Å²) in [6.07, 6.45) is 6.73. The van der Waals surface area contributed by atoms with Crippen molar-refractivity contribution in [2.45, 2.75) is 39.5 Å². The molecule has 1 saturated carbocycles.